The van der Waals surface area contributed by atoms with Crippen LogP contribution in [0.25, 0.3) is 0 Å². The van der Waals surface area contributed by atoms with E-state index in [1.54, 1.807) is 0 Å². The molecule has 1 aromatic heterocycles. The first-order chi connectivity index (χ1) is 13.6. The van der Waals surface area contributed by atoms with Gasteiger partial charge in [0.15, 0.2) is 11.6 Å². The van der Waals surface area contributed by atoms with Gasteiger partial charge in [-0.1, -0.05) is 11.6 Å². The van der Waals surface area contributed by atoms with Crippen LogP contribution in [-0.4, -0.2) is 21.8 Å². The number of benzene rings is 2. The number of nitrogens with zero attached hydrogens (tertiary/aromatic N) is 1. The summed E-state index contributed by atoms with van der Waals surface area (Å²) in [5.74, 6) is -2.47. The van der Waals surface area contributed by atoms with Crippen LogP contribution in [0.15, 0.2) is 70.6 Å². The van der Waals surface area contributed by atoms with Crippen molar-refractivity contribution >= 4 is 43.0 Å². The van der Waals surface area contributed by atoms with Crippen LogP contribution in [0, 0.1) is 11.6 Å². The Morgan fingerprint density at radius 2 is 1.38 bits per heavy atom. The molecule has 7 nitrogen and oxygen atoms in total. The summed E-state index contributed by atoms with van der Waals surface area (Å²) in [7, 11) is -8.17. The van der Waals surface area contributed by atoms with E-state index in [0.717, 1.165) is 6.07 Å². The molecule has 0 amide bonds. The molecule has 3 rings (SSSR count). The normalized spacial score (nSPS) is 11.8. The minimum Gasteiger partial charge on any atom is -0.280 e. The number of pyridine rings is 1. The monoisotopic (exact) mass is 459 g/mol. The maximum absolute atomic E-state index is 13.3. The van der Waals surface area contributed by atoms with Crippen molar-refractivity contribution in [2.24, 2.45) is 0 Å². The summed E-state index contributed by atoms with van der Waals surface area (Å²) < 4.78 is 80.0. The summed E-state index contributed by atoms with van der Waals surface area (Å²) in [4.78, 5) is 3.02. The summed E-state index contributed by atoms with van der Waals surface area (Å²) in [5.41, 5.74) is 0.220. The van der Waals surface area contributed by atoms with Gasteiger partial charge in [-0.2, -0.15) is 0 Å². The maximum atomic E-state index is 13.3. The molecule has 1 heterocycles. The molecule has 3 aromatic rings. The van der Waals surface area contributed by atoms with Crippen molar-refractivity contribution in [3.63, 3.8) is 0 Å². The van der Waals surface area contributed by atoms with Gasteiger partial charge in [-0.3, -0.25) is 9.44 Å². The lowest BCUT2D eigenvalue weighted by Crippen LogP contribution is -2.15. The van der Waals surface area contributed by atoms with Gasteiger partial charge >= 0.3 is 0 Å². The Bertz CT molecular complexity index is 1270. The van der Waals surface area contributed by atoms with Crippen LogP contribution >= 0.6 is 11.6 Å². The minimum atomic E-state index is -4.17. The predicted octanol–water partition coefficient (Wildman–Crippen LogP) is 3.61. The van der Waals surface area contributed by atoms with Crippen molar-refractivity contribution in [2.45, 2.75) is 9.79 Å². The zero-order valence-electron chi connectivity index (χ0n) is 14.3. The van der Waals surface area contributed by atoms with Crippen molar-refractivity contribution in [3.05, 3.63) is 77.6 Å². The van der Waals surface area contributed by atoms with E-state index in [4.69, 9.17) is 11.6 Å². The molecule has 12 heteroatoms. The molecule has 0 saturated heterocycles. The van der Waals surface area contributed by atoms with Crippen molar-refractivity contribution in [3.8, 4) is 0 Å². The van der Waals surface area contributed by atoms with Gasteiger partial charge in [-0.05, 0) is 54.6 Å². The van der Waals surface area contributed by atoms with Crippen LogP contribution in [0.3, 0.4) is 0 Å². The summed E-state index contributed by atoms with van der Waals surface area (Å²) >= 11 is 5.79. The van der Waals surface area contributed by atoms with Crippen LogP contribution in [0.2, 0.25) is 5.15 Å². The van der Waals surface area contributed by atoms with Gasteiger partial charge in [0.05, 0.1) is 4.90 Å². The Hall–Kier alpha value is -2.76. The van der Waals surface area contributed by atoms with Gasteiger partial charge in [0, 0.05) is 17.6 Å². The van der Waals surface area contributed by atoms with E-state index in [2.05, 4.69) is 14.4 Å². The van der Waals surface area contributed by atoms with E-state index >= 15 is 0 Å². The molecule has 0 aliphatic rings. The second kappa shape index (κ2) is 7.93. The number of hydrogen-bond donors (Lipinski definition) is 2. The Labute approximate surface area is 170 Å². The highest BCUT2D eigenvalue weighted by Crippen LogP contribution is 2.23. The SMILES string of the molecule is O=S(=O)(Nc1ccc(NS(=O)(=O)c2cccnc2Cl)cc1)c1ccc(F)c(F)c1. The van der Waals surface area contributed by atoms with Crippen LogP contribution in [-0.2, 0) is 20.0 Å². The van der Waals surface area contributed by atoms with Crippen molar-refractivity contribution in [1.29, 1.82) is 0 Å². The molecule has 2 aromatic carbocycles. The van der Waals surface area contributed by atoms with Crippen molar-refractivity contribution < 1.29 is 25.6 Å². The average Bonchev–Trinajstić information content (AvgIpc) is 2.65. The molecular weight excluding hydrogens is 448 g/mol. The number of rotatable bonds is 6. The standard InChI is InChI=1S/C17H12ClF2N3O4S2/c18-17-16(2-1-9-21-17)29(26,27)23-12-5-3-11(4-6-12)22-28(24,25)13-7-8-14(19)15(20)10-13/h1-10,22-23H. The molecule has 0 unspecified atom stereocenters. The first-order valence-corrected chi connectivity index (χ1v) is 11.1. The maximum Gasteiger partial charge on any atom is 0.264 e. The van der Waals surface area contributed by atoms with E-state index in [-0.39, 0.29) is 21.4 Å². The van der Waals surface area contributed by atoms with E-state index in [0.29, 0.717) is 12.1 Å². The van der Waals surface area contributed by atoms with E-state index in [9.17, 15) is 25.6 Å². The number of sulfonamides is 2. The average molecular weight is 460 g/mol. The van der Waals surface area contributed by atoms with E-state index in [1.165, 1.54) is 42.6 Å². The van der Waals surface area contributed by atoms with Crippen LogP contribution < -0.4 is 9.44 Å². The van der Waals surface area contributed by atoms with Gasteiger partial charge in [-0.15, -0.1) is 0 Å². The van der Waals surface area contributed by atoms with Gasteiger partial charge in [0.1, 0.15) is 10.0 Å². The van der Waals surface area contributed by atoms with Gasteiger partial charge in [-0.25, -0.2) is 30.6 Å². The highest BCUT2D eigenvalue weighted by Gasteiger charge is 2.19. The molecule has 152 valence electrons. The smallest absolute Gasteiger partial charge is 0.264 e. The highest BCUT2D eigenvalue weighted by molar-refractivity contribution is 7.93. The molecule has 0 saturated carbocycles. The highest BCUT2D eigenvalue weighted by atomic mass is 35.5. The quantitative estimate of drug-likeness (QED) is 0.548. The van der Waals surface area contributed by atoms with Crippen LogP contribution in [0.4, 0.5) is 20.2 Å². The summed E-state index contributed by atoms with van der Waals surface area (Å²) in [6.45, 7) is 0. The molecule has 0 aliphatic heterocycles. The topological polar surface area (TPSA) is 105 Å². The second-order valence-corrected chi connectivity index (χ2v) is 9.35. The molecule has 0 atom stereocenters. The lowest BCUT2D eigenvalue weighted by molar-refractivity contribution is 0.504. The minimum absolute atomic E-state index is 0.0806. The second-order valence-electron chi connectivity index (χ2n) is 5.66. The lowest BCUT2D eigenvalue weighted by atomic mass is 10.3. The molecule has 0 aliphatic carbocycles. The third kappa shape index (κ3) is 4.81. The van der Waals surface area contributed by atoms with Crippen LogP contribution in [0.1, 0.15) is 0 Å². The first kappa shape index (κ1) is 21.0. The van der Waals surface area contributed by atoms with Crippen molar-refractivity contribution in [1.82, 2.24) is 4.98 Å². The zero-order valence-corrected chi connectivity index (χ0v) is 16.7. The summed E-state index contributed by atoms with van der Waals surface area (Å²) in [6.07, 6.45) is 1.34. The van der Waals surface area contributed by atoms with Crippen LogP contribution in [0.5, 0.6) is 0 Å². The van der Waals surface area contributed by atoms with E-state index < -0.39 is 36.6 Å². The number of halogens is 3. The fourth-order valence-electron chi connectivity index (χ4n) is 2.25. The van der Waals surface area contributed by atoms with Crippen molar-refractivity contribution in [2.75, 3.05) is 9.44 Å². The first-order valence-electron chi connectivity index (χ1n) is 7.80. The Morgan fingerprint density at radius 3 is 1.93 bits per heavy atom. The lowest BCUT2D eigenvalue weighted by Gasteiger charge is -2.11. The van der Waals surface area contributed by atoms with Gasteiger partial charge in [0.2, 0.25) is 0 Å². The zero-order chi connectivity index (χ0) is 21.2. The predicted molar refractivity (Wildman–Crippen MR) is 104 cm³/mol. The third-order valence-corrected chi connectivity index (χ3v) is 6.81. The molecule has 2 N–H and O–H groups in total. The third-order valence-electron chi connectivity index (χ3n) is 3.61. The number of anilines is 2. The molecule has 0 fully saturated rings. The molecular formula is C17H12ClF2N3O4S2. The van der Waals surface area contributed by atoms with Gasteiger partial charge in [0.25, 0.3) is 20.0 Å². The summed E-state index contributed by atoms with van der Waals surface area (Å²) in [5, 5.41) is -0.198. The van der Waals surface area contributed by atoms with Gasteiger partial charge < -0.3 is 0 Å². The molecule has 0 spiro atoms. The largest absolute Gasteiger partial charge is 0.280 e. The number of nitrogens with one attached hydrogen (secondary N) is 2. The molecule has 0 bridgehead atoms. The Kier molecular flexibility index (Phi) is 5.73. The van der Waals surface area contributed by atoms with E-state index in [1.807, 2.05) is 0 Å². The molecule has 0 radical (unpaired) electrons. The molecule has 29 heavy (non-hydrogen) atoms. The number of aromatic nitrogens is 1. The Balaban J connectivity index is 1.78. The fraction of sp³-hybridized carbons (Fsp3) is 0. The number of hydrogen-bond acceptors (Lipinski definition) is 5. The fourth-order valence-corrected chi connectivity index (χ4v) is 4.83. The Morgan fingerprint density at radius 1 is 0.793 bits per heavy atom. The summed E-state index contributed by atoms with van der Waals surface area (Å²) in [6, 6.07) is 10.1.